The van der Waals surface area contributed by atoms with Crippen molar-refractivity contribution in [1.29, 1.82) is 0 Å². The summed E-state index contributed by atoms with van der Waals surface area (Å²) in [6.45, 7) is 6.92. The number of phenolic OH excluding ortho intramolecular Hbond substituents is 1. The Morgan fingerprint density at radius 3 is 2.28 bits per heavy atom. The highest BCUT2D eigenvalue weighted by molar-refractivity contribution is 6.00. The maximum absolute atomic E-state index is 14.0. The number of anilines is 1. The van der Waals surface area contributed by atoms with E-state index >= 15 is 0 Å². The van der Waals surface area contributed by atoms with Crippen molar-refractivity contribution in [1.82, 2.24) is 10.2 Å². The molecule has 210 valence electrons. The zero-order chi connectivity index (χ0) is 28.9. The summed E-state index contributed by atoms with van der Waals surface area (Å²) < 4.78 is 10.5. The lowest BCUT2D eigenvalue weighted by Gasteiger charge is -2.35. The van der Waals surface area contributed by atoms with E-state index in [1.165, 1.54) is 24.1 Å². The van der Waals surface area contributed by atoms with Crippen LogP contribution >= 0.6 is 0 Å². The number of hydrogen-bond acceptors (Lipinski definition) is 7. The highest BCUT2D eigenvalue weighted by Crippen LogP contribution is 2.41. The molecule has 1 saturated carbocycles. The van der Waals surface area contributed by atoms with E-state index in [0.717, 1.165) is 0 Å². The van der Waals surface area contributed by atoms with Crippen LogP contribution in [0.4, 0.5) is 10.5 Å². The van der Waals surface area contributed by atoms with E-state index < -0.39 is 47.9 Å². The molecule has 0 radical (unpaired) electrons. The molecule has 0 aromatic heterocycles. The van der Waals surface area contributed by atoms with Gasteiger partial charge >= 0.3 is 6.09 Å². The minimum atomic E-state index is -1.38. The van der Waals surface area contributed by atoms with Crippen LogP contribution in [-0.2, 0) is 19.1 Å². The molecule has 1 fully saturated rings. The largest absolute Gasteiger partial charge is 0.508 e. The van der Waals surface area contributed by atoms with Crippen molar-refractivity contribution in [3.8, 4) is 11.5 Å². The van der Waals surface area contributed by atoms with E-state index in [9.17, 15) is 24.3 Å². The standard InChI is InChI=1S/C28H36N4O7/c1-16-13-22(16)32(26(36)21(15-23(29)34)31-27(37)39-28(2,3)4)24(17-7-6-8-19(33)14-17)25(35)30-18-9-11-20(38-5)12-10-18/h6-12,14,16,21-22,24,33H,13,15H2,1-5H3,(H2,29,34)(H,30,35)(H,31,37). The fraction of sp³-hybridized carbons (Fsp3) is 0.429. The van der Waals surface area contributed by atoms with E-state index in [1.807, 2.05) is 6.92 Å². The minimum absolute atomic E-state index is 0.0540. The Bertz CT molecular complexity index is 1210. The first-order valence-corrected chi connectivity index (χ1v) is 12.6. The number of hydrogen-bond donors (Lipinski definition) is 4. The molecule has 2 aromatic carbocycles. The summed E-state index contributed by atoms with van der Waals surface area (Å²) >= 11 is 0. The summed E-state index contributed by atoms with van der Waals surface area (Å²) in [7, 11) is 1.53. The van der Waals surface area contributed by atoms with Gasteiger partial charge < -0.3 is 35.8 Å². The van der Waals surface area contributed by atoms with Gasteiger partial charge in [-0.05, 0) is 75.1 Å². The van der Waals surface area contributed by atoms with Crippen LogP contribution in [0.1, 0.15) is 52.1 Å². The summed E-state index contributed by atoms with van der Waals surface area (Å²) in [5.74, 6) is -1.47. The highest BCUT2D eigenvalue weighted by Gasteiger charge is 2.48. The Labute approximate surface area is 227 Å². The lowest BCUT2D eigenvalue weighted by atomic mass is 10.0. The number of alkyl carbamates (subject to hydrolysis) is 1. The normalized spacial score (nSPS) is 17.8. The maximum Gasteiger partial charge on any atom is 0.408 e. The van der Waals surface area contributed by atoms with Crippen molar-refractivity contribution < 1.29 is 33.8 Å². The number of carbonyl (C=O) groups is 4. The molecule has 39 heavy (non-hydrogen) atoms. The maximum atomic E-state index is 14.0. The number of benzene rings is 2. The molecule has 4 amide bonds. The summed E-state index contributed by atoms with van der Waals surface area (Å²) in [6, 6.07) is 9.77. The topological polar surface area (TPSA) is 160 Å². The molecular weight excluding hydrogens is 504 g/mol. The number of nitrogens with zero attached hydrogens (tertiary/aromatic N) is 1. The second kappa shape index (κ2) is 12.1. The Morgan fingerprint density at radius 2 is 1.77 bits per heavy atom. The summed E-state index contributed by atoms with van der Waals surface area (Å²) in [4.78, 5) is 53.7. The third-order valence-corrected chi connectivity index (χ3v) is 6.14. The van der Waals surface area contributed by atoms with Crippen LogP contribution in [0.5, 0.6) is 11.5 Å². The van der Waals surface area contributed by atoms with E-state index in [1.54, 1.807) is 57.2 Å². The first-order chi connectivity index (χ1) is 18.3. The number of amides is 4. The van der Waals surface area contributed by atoms with Gasteiger partial charge in [-0.15, -0.1) is 0 Å². The van der Waals surface area contributed by atoms with Gasteiger partial charge in [0.15, 0.2) is 0 Å². The van der Waals surface area contributed by atoms with E-state index in [4.69, 9.17) is 15.2 Å². The smallest absolute Gasteiger partial charge is 0.408 e. The molecule has 1 aliphatic rings. The van der Waals surface area contributed by atoms with Gasteiger partial charge in [0.1, 0.15) is 29.2 Å². The third kappa shape index (κ3) is 8.10. The van der Waals surface area contributed by atoms with Crippen LogP contribution < -0.4 is 21.1 Å². The average molecular weight is 541 g/mol. The SMILES string of the molecule is COc1ccc(NC(=O)C(c2cccc(O)c2)N(C(=O)C(CC(N)=O)NC(=O)OC(C)(C)C)C2CC2C)cc1. The molecule has 0 spiro atoms. The van der Waals surface area contributed by atoms with Gasteiger partial charge in [-0.25, -0.2) is 4.79 Å². The van der Waals surface area contributed by atoms with Crippen LogP contribution in [0.25, 0.3) is 0 Å². The summed E-state index contributed by atoms with van der Waals surface area (Å²) in [5.41, 5.74) is 5.38. The number of methoxy groups -OCH3 is 1. The van der Waals surface area contributed by atoms with Crippen molar-refractivity contribution in [2.75, 3.05) is 12.4 Å². The minimum Gasteiger partial charge on any atom is -0.508 e. The van der Waals surface area contributed by atoms with E-state index in [-0.39, 0.29) is 17.7 Å². The zero-order valence-electron chi connectivity index (χ0n) is 22.8. The zero-order valence-corrected chi connectivity index (χ0v) is 22.8. The molecule has 11 heteroatoms. The first kappa shape index (κ1) is 29.3. The van der Waals surface area contributed by atoms with Gasteiger partial charge in [0.05, 0.1) is 13.5 Å². The molecule has 3 rings (SSSR count). The van der Waals surface area contributed by atoms with Gasteiger partial charge in [0.25, 0.3) is 5.91 Å². The fourth-order valence-electron chi connectivity index (χ4n) is 4.22. The predicted molar refractivity (Wildman–Crippen MR) is 144 cm³/mol. The van der Waals surface area contributed by atoms with Gasteiger partial charge in [-0.3, -0.25) is 14.4 Å². The monoisotopic (exact) mass is 540 g/mol. The van der Waals surface area contributed by atoms with Crippen LogP contribution in [0.15, 0.2) is 48.5 Å². The number of nitrogens with one attached hydrogen (secondary N) is 2. The van der Waals surface area contributed by atoms with Crippen LogP contribution in [0, 0.1) is 5.92 Å². The van der Waals surface area contributed by atoms with Crippen molar-refractivity contribution >= 4 is 29.5 Å². The molecule has 5 N–H and O–H groups in total. The predicted octanol–water partition coefficient (Wildman–Crippen LogP) is 3.09. The molecule has 4 unspecified atom stereocenters. The van der Waals surface area contributed by atoms with Gasteiger partial charge in [-0.1, -0.05) is 19.1 Å². The Hall–Kier alpha value is -4.28. The number of primary amides is 1. The number of ether oxygens (including phenoxy) is 2. The Kier molecular flexibility index (Phi) is 9.05. The Balaban J connectivity index is 2.01. The molecule has 0 heterocycles. The van der Waals surface area contributed by atoms with Crippen molar-refractivity contribution in [2.24, 2.45) is 11.7 Å². The van der Waals surface area contributed by atoms with Crippen LogP contribution in [0.2, 0.25) is 0 Å². The number of carbonyl (C=O) groups excluding carboxylic acids is 4. The number of phenols is 1. The molecule has 0 bridgehead atoms. The second-order valence-electron chi connectivity index (χ2n) is 10.6. The van der Waals surface area contributed by atoms with E-state index in [2.05, 4.69) is 10.6 Å². The number of rotatable bonds is 10. The van der Waals surface area contributed by atoms with Crippen molar-refractivity contribution in [3.05, 3.63) is 54.1 Å². The van der Waals surface area contributed by atoms with Crippen LogP contribution in [-0.4, -0.2) is 58.6 Å². The Morgan fingerprint density at radius 1 is 1.13 bits per heavy atom. The van der Waals surface area contributed by atoms with Gasteiger partial charge in [0.2, 0.25) is 11.8 Å². The molecule has 4 atom stereocenters. The summed E-state index contributed by atoms with van der Waals surface area (Å²) in [6.07, 6.45) is -0.794. The number of aromatic hydroxyl groups is 1. The highest BCUT2D eigenvalue weighted by atomic mass is 16.6. The summed E-state index contributed by atoms with van der Waals surface area (Å²) in [5, 5.41) is 15.5. The number of nitrogens with two attached hydrogens (primary N) is 1. The average Bonchev–Trinajstić information content (AvgIpc) is 3.56. The molecular formula is C28H36N4O7. The lowest BCUT2D eigenvalue weighted by Crippen LogP contribution is -2.54. The molecule has 0 saturated heterocycles. The molecule has 1 aliphatic carbocycles. The molecule has 0 aliphatic heterocycles. The second-order valence-corrected chi connectivity index (χ2v) is 10.6. The third-order valence-electron chi connectivity index (χ3n) is 6.14. The van der Waals surface area contributed by atoms with E-state index in [0.29, 0.717) is 23.4 Å². The molecule has 11 nitrogen and oxygen atoms in total. The van der Waals surface area contributed by atoms with Crippen LogP contribution in [0.3, 0.4) is 0 Å². The van der Waals surface area contributed by atoms with Crippen molar-refractivity contribution in [3.63, 3.8) is 0 Å². The lowest BCUT2D eigenvalue weighted by molar-refractivity contribution is -0.142. The first-order valence-electron chi connectivity index (χ1n) is 12.6. The fourth-order valence-corrected chi connectivity index (χ4v) is 4.22. The van der Waals surface area contributed by atoms with Crippen molar-refractivity contribution in [2.45, 2.75) is 64.3 Å². The van der Waals surface area contributed by atoms with Gasteiger partial charge in [-0.2, -0.15) is 0 Å². The van der Waals surface area contributed by atoms with Gasteiger partial charge in [0, 0.05) is 11.7 Å². The quantitative estimate of drug-likeness (QED) is 0.360. The molecule has 2 aromatic rings.